The van der Waals surface area contributed by atoms with Gasteiger partial charge in [-0.1, -0.05) is 26.8 Å². The molecule has 0 aromatic carbocycles. The van der Waals surface area contributed by atoms with E-state index in [0.29, 0.717) is 6.04 Å². The fourth-order valence-corrected chi connectivity index (χ4v) is 2.96. The first-order valence-electron chi connectivity index (χ1n) is 6.94. The Morgan fingerprint density at radius 1 is 1.44 bits per heavy atom. The second-order valence-electron chi connectivity index (χ2n) is 6.00. The van der Waals surface area contributed by atoms with Crippen LogP contribution in [-0.4, -0.2) is 28.5 Å². The average molecular weight is 247 g/mol. The van der Waals surface area contributed by atoms with E-state index in [-0.39, 0.29) is 11.5 Å². The molecule has 3 heteroatoms. The van der Waals surface area contributed by atoms with Gasteiger partial charge in [-0.2, -0.15) is 0 Å². The van der Waals surface area contributed by atoms with Gasteiger partial charge in [0.15, 0.2) is 0 Å². The lowest BCUT2D eigenvalue weighted by molar-refractivity contribution is 0.162. The van der Waals surface area contributed by atoms with Crippen LogP contribution in [0.3, 0.4) is 0 Å². The standard InChI is InChI=1S/C15H25N3/c1-4-18(11-12-7-5-6-10-17-12)13-8-9-15(2,3)14(13)16/h5-7,10,13-14H,4,8-9,11,16H2,1-3H3. The summed E-state index contributed by atoms with van der Waals surface area (Å²) in [5.41, 5.74) is 7.83. The Kier molecular flexibility index (Phi) is 4.03. The van der Waals surface area contributed by atoms with Gasteiger partial charge in [-0.05, 0) is 36.9 Å². The van der Waals surface area contributed by atoms with E-state index in [2.05, 4.69) is 42.8 Å². The zero-order chi connectivity index (χ0) is 13.2. The van der Waals surface area contributed by atoms with E-state index in [0.717, 1.165) is 18.8 Å². The molecular weight excluding hydrogens is 222 g/mol. The Morgan fingerprint density at radius 2 is 2.22 bits per heavy atom. The number of nitrogens with zero attached hydrogens (tertiary/aromatic N) is 2. The summed E-state index contributed by atoms with van der Waals surface area (Å²) in [5, 5.41) is 0. The van der Waals surface area contributed by atoms with Gasteiger partial charge in [-0.15, -0.1) is 0 Å². The van der Waals surface area contributed by atoms with Gasteiger partial charge in [-0.3, -0.25) is 9.88 Å². The predicted molar refractivity (Wildman–Crippen MR) is 75.1 cm³/mol. The maximum absolute atomic E-state index is 6.42. The van der Waals surface area contributed by atoms with Crippen LogP contribution in [0, 0.1) is 5.41 Å². The van der Waals surface area contributed by atoms with Crippen LogP contribution in [0.25, 0.3) is 0 Å². The van der Waals surface area contributed by atoms with Crippen molar-refractivity contribution >= 4 is 0 Å². The molecule has 0 aliphatic heterocycles. The molecule has 2 N–H and O–H groups in total. The SMILES string of the molecule is CCN(Cc1ccccn1)C1CCC(C)(C)C1N. The highest BCUT2D eigenvalue weighted by Crippen LogP contribution is 2.38. The summed E-state index contributed by atoms with van der Waals surface area (Å²) < 4.78 is 0. The molecule has 0 spiro atoms. The van der Waals surface area contributed by atoms with E-state index in [1.807, 2.05) is 12.3 Å². The largest absolute Gasteiger partial charge is 0.326 e. The van der Waals surface area contributed by atoms with E-state index in [1.54, 1.807) is 0 Å². The minimum absolute atomic E-state index is 0.265. The molecule has 100 valence electrons. The minimum atomic E-state index is 0.265. The van der Waals surface area contributed by atoms with Gasteiger partial charge in [0.2, 0.25) is 0 Å². The maximum Gasteiger partial charge on any atom is 0.0544 e. The maximum atomic E-state index is 6.42. The molecule has 0 saturated heterocycles. The van der Waals surface area contributed by atoms with Crippen molar-refractivity contribution < 1.29 is 0 Å². The zero-order valence-electron chi connectivity index (χ0n) is 11.8. The van der Waals surface area contributed by atoms with Gasteiger partial charge < -0.3 is 5.73 Å². The molecule has 18 heavy (non-hydrogen) atoms. The molecule has 2 rings (SSSR count). The highest BCUT2D eigenvalue weighted by atomic mass is 15.2. The van der Waals surface area contributed by atoms with Crippen LogP contribution in [-0.2, 0) is 6.54 Å². The normalized spacial score (nSPS) is 26.7. The second kappa shape index (κ2) is 5.37. The van der Waals surface area contributed by atoms with Gasteiger partial charge in [-0.25, -0.2) is 0 Å². The summed E-state index contributed by atoms with van der Waals surface area (Å²) in [4.78, 5) is 6.89. The summed E-state index contributed by atoms with van der Waals surface area (Å²) >= 11 is 0. The molecule has 1 fully saturated rings. The van der Waals surface area contributed by atoms with E-state index >= 15 is 0 Å². The molecule has 1 saturated carbocycles. The zero-order valence-corrected chi connectivity index (χ0v) is 11.8. The molecule has 0 radical (unpaired) electrons. The third kappa shape index (κ3) is 2.73. The molecule has 3 nitrogen and oxygen atoms in total. The van der Waals surface area contributed by atoms with E-state index < -0.39 is 0 Å². The molecule has 1 aromatic heterocycles. The quantitative estimate of drug-likeness (QED) is 0.888. The second-order valence-corrected chi connectivity index (χ2v) is 6.00. The van der Waals surface area contributed by atoms with E-state index in [4.69, 9.17) is 5.73 Å². The number of rotatable bonds is 4. The minimum Gasteiger partial charge on any atom is -0.326 e. The van der Waals surface area contributed by atoms with Crippen LogP contribution in [0.4, 0.5) is 0 Å². The topological polar surface area (TPSA) is 42.2 Å². The summed E-state index contributed by atoms with van der Waals surface area (Å²) in [6.07, 6.45) is 4.29. The first-order chi connectivity index (χ1) is 8.54. The predicted octanol–water partition coefficient (Wildman–Crippen LogP) is 2.42. The fourth-order valence-electron chi connectivity index (χ4n) is 2.96. The molecule has 2 unspecified atom stereocenters. The van der Waals surface area contributed by atoms with Crippen LogP contribution in [0.15, 0.2) is 24.4 Å². The lowest BCUT2D eigenvalue weighted by Crippen LogP contribution is -2.48. The van der Waals surface area contributed by atoms with Gasteiger partial charge in [0.1, 0.15) is 0 Å². The number of likely N-dealkylation sites (N-methyl/N-ethyl adjacent to an activating group) is 1. The van der Waals surface area contributed by atoms with Crippen molar-refractivity contribution in [2.45, 2.75) is 52.2 Å². The molecule has 1 aliphatic rings. The fraction of sp³-hybridized carbons (Fsp3) is 0.667. The Bertz CT molecular complexity index is 375. The summed E-state index contributed by atoms with van der Waals surface area (Å²) in [6.45, 7) is 8.72. The van der Waals surface area contributed by atoms with Crippen molar-refractivity contribution in [1.29, 1.82) is 0 Å². The highest BCUT2D eigenvalue weighted by Gasteiger charge is 2.41. The first-order valence-corrected chi connectivity index (χ1v) is 6.94. The Hall–Kier alpha value is -0.930. The number of hydrogen-bond acceptors (Lipinski definition) is 3. The van der Waals surface area contributed by atoms with Crippen molar-refractivity contribution in [3.8, 4) is 0 Å². The smallest absolute Gasteiger partial charge is 0.0544 e. The molecule has 0 amide bonds. The Labute approximate surface area is 110 Å². The van der Waals surface area contributed by atoms with E-state index in [1.165, 1.54) is 12.8 Å². The molecular formula is C15H25N3. The van der Waals surface area contributed by atoms with Crippen LogP contribution < -0.4 is 5.73 Å². The number of hydrogen-bond donors (Lipinski definition) is 1. The van der Waals surface area contributed by atoms with E-state index in [9.17, 15) is 0 Å². The van der Waals surface area contributed by atoms with Crippen molar-refractivity contribution in [1.82, 2.24) is 9.88 Å². The number of pyridine rings is 1. The van der Waals surface area contributed by atoms with Gasteiger partial charge in [0, 0.05) is 24.8 Å². The summed E-state index contributed by atoms with van der Waals surface area (Å²) in [6, 6.07) is 6.86. The van der Waals surface area contributed by atoms with Gasteiger partial charge >= 0.3 is 0 Å². The third-order valence-corrected chi connectivity index (χ3v) is 4.37. The Balaban J connectivity index is 2.06. The number of aromatic nitrogens is 1. The van der Waals surface area contributed by atoms with Crippen molar-refractivity contribution in [2.24, 2.45) is 11.1 Å². The van der Waals surface area contributed by atoms with Crippen LogP contribution >= 0.6 is 0 Å². The van der Waals surface area contributed by atoms with Crippen LogP contribution in [0.5, 0.6) is 0 Å². The molecule has 0 bridgehead atoms. The third-order valence-electron chi connectivity index (χ3n) is 4.37. The number of nitrogens with two attached hydrogens (primary N) is 1. The van der Waals surface area contributed by atoms with Crippen molar-refractivity contribution in [2.75, 3.05) is 6.54 Å². The Morgan fingerprint density at radius 3 is 2.72 bits per heavy atom. The van der Waals surface area contributed by atoms with Crippen molar-refractivity contribution in [3.63, 3.8) is 0 Å². The van der Waals surface area contributed by atoms with Crippen LogP contribution in [0.1, 0.15) is 39.3 Å². The summed E-state index contributed by atoms with van der Waals surface area (Å²) in [7, 11) is 0. The highest BCUT2D eigenvalue weighted by molar-refractivity contribution is 5.05. The molecule has 1 aliphatic carbocycles. The first kappa shape index (κ1) is 13.5. The summed E-state index contributed by atoms with van der Waals surface area (Å²) in [5.74, 6) is 0. The molecule has 2 atom stereocenters. The monoisotopic (exact) mass is 247 g/mol. The molecule has 1 aromatic rings. The van der Waals surface area contributed by atoms with Crippen molar-refractivity contribution in [3.05, 3.63) is 30.1 Å². The lowest BCUT2D eigenvalue weighted by atomic mass is 9.87. The van der Waals surface area contributed by atoms with Gasteiger partial charge in [0.05, 0.1) is 5.69 Å². The molecule has 1 heterocycles. The van der Waals surface area contributed by atoms with Crippen LogP contribution in [0.2, 0.25) is 0 Å². The average Bonchev–Trinajstić information content (AvgIpc) is 2.63. The van der Waals surface area contributed by atoms with Gasteiger partial charge in [0.25, 0.3) is 0 Å². The lowest BCUT2D eigenvalue weighted by Gasteiger charge is -2.34.